The van der Waals surface area contributed by atoms with E-state index in [0.29, 0.717) is 6.04 Å². The Kier molecular flexibility index (Phi) is 10.6. The summed E-state index contributed by atoms with van der Waals surface area (Å²) in [5.74, 6) is 2.99. The van der Waals surface area contributed by atoms with Crippen molar-refractivity contribution in [2.24, 2.45) is 23.7 Å². The van der Waals surface area contributed by atoms with Crippen LogP contribution in [0.1, 0.15) is 62.3 Å². The highest BCUT2D eigenvalue weighted by atomic mass is 15.2. The molecule has 0 aromatic rings. The van der Waals surface area contributed by atoms with Gasteiger partial charge in [-0.15, -0.1) is 0 Å². The van der Waals surface area contributed by atoms with E-state index in [1.807, 2.05) is 0 Å². The third-order valence-electron chi connectivity index (χ3n) is 3.59. The van der Waals surface area contributed by atoms with Gasteiger partial charge >= 0.3 is 0 Å². The Morgan fingerprint density at radius 1 is 0.476 bits per heavy atom. The monoisotopic (exact) mass is 298 g/mol. The van der Waals surface area contributed by atoms with Gasteiger partial charge in [-0.2, -0.15) is 0 Å². The molecule has 1 unspecified atom stereocenters. The smallest absolute Gasteiger partial charge is 0.0195 e. The fourth-order valence-corrected chi connectivity index (χ4v) is 3.12. The first kappa shape index (κ1) is 20.9. The van der Waals surface area contributed by atoms with Gasteiger partial charge in [0.25, 0.3) is 0 Å². The van der Waals surface area contributed by atoms with Crippen molar-refractivity contribution >= 4 is 0 Å². The lowest BCUT2D eigenvalue weighted by atomic mass is 10.1. The predicted octanol–water partition coefficient (Wildman–Crippen LogP) is 4.60. The van der Waals surface area contributed by atoms with E-state index in [1.165, 1.54) is 32.7 Å². The van der Waals surface area contributed by atoms with Crippen molar-refractivity contribution in [2.75, 3.05) is 32.7 Å². The van der Waals surface area contributed by atoms with Gasteiger partial charge in [0.05, 0.1) is 0 Å². The first-order valence-electron chi connectivity index (χ1n) is 9.08. The fraction of sp³-hybridized carbons (Fsp3) is 1.00. The van der Waals surface area contributed by atoms with Gasteiger partial charge in [0.1, 0.15) is 0 Å². The topological polar surface area (TPSA) is 6.48 Å². The number of hydrogen-bond acceptors (Lipinski definition) is 2. The Morgan fingerprint density at radius 3 is 1.10 bits per heavy atom. The first-order valence-corrected chi connectivity index (χ1v) is 9.08. The molecule has 0 N–H and O–H groups in total. The van der Waals surface area contributed by atoms with Crippen LogP contribution in [0.2, 0.25) is 0 Å². The summed E-state index contributed by atoms with van der Waals surface area (Å²) in [5, 5.41) is 0. The molecule has 0 saturated carbocycles. The third kappa shape index (κ3) is 11.2. The Bertz CT molecular complexity index is 226. The molecule has 0 amide bonds. The summed E-state index contributed by atoms with van der Waals surface area (Å²) in [6.45, 7) is 27.2. The molecule has 0 aromatic carbocycles. The van der Waals surface area contributed by atoms with Gasteiger partial charge in [-0.1, -0.05) is 55.4 Å². The summed E-state index contributed by atoms with van der Waals surface area (Å²) in [6.07, 6.45) is 0. The molecule has 0 aliphatic rings. The summed E-state index contributed by atoms with van der Waals surface area (Å²) in [4.78, 5) is 5.37. The molecular formula is C19H42N2. The van der Waals surface area contributed by atoms with E-state index in [1.54, 1.807) is 0 Å². The van der Waals surface area contributed by atoms with E-state index in [9.17, 15) is 0 Å². The maximum absolute atomic E-state index is 2.70. The Hall–Kier alpha value is -0.0800. The van der Waals surface area contributed by atoms with Gasteiger partial charge in [-0.25, -0.2) is 0 Å². The van der Waals surface area contributed by atoms with Crippen LogP contribution >= 0.6 is 0 Å². The SMILES string of the molecule is CC(C)CN(CC(C)C)CC(C)N(CC(C)C)CC(C)C. The van der Waals surface area contributed by atoms with E-state index < -0.39 is 0 Å². The molecule has 0 spiro atoms. The quantitative estimate of drug-likeness (QED) is 0.550. The van der Waals surface area contributed by atoms with Crippen LogP contribution in [0.4, 0.5) is 0 Å². The van der Waals surface area contributed by atoms with Crippen LogP contribution in [0, 0.1) is 23.7 Å². The van der Waals surface area contributed by atoms with Crippen molar-refractivity contribution in [3.8, 4) is 0 Å². The zero-order chi connectivity index (χ0) is 16.6. The maximum atomic E-state index is 2.70. The zero-order valence-electron chi connectivity index (χ0n) is 16.3. The van der Waals surface area contributed by atoms with Crippen molar-refractivity contribution in [3.63, 3.8) is 0 Å². The van der Waals surface area contributed by atoms with Crippen molar-refractivity contribution in [1.29, 1.82) is 0 Å². The molecule has 0 radical (unpaired) electrons. The van der Waals surface area contributed by atoms with Gasteiger partial charge in [0, 0.05) is 38.8 Å². The van der Waals surface area contributed by atoms with Gasteiger partial charge in [-0.05, 0) is 30.6 Å². The Balaban J connectivity index is 4.66. The molecular weight excluding hydrogens is 256 g/mol. The van der Waals surface area contributed by atoms with Crippen LogP contribution < -0.4 is 0 Å². The Labute approximate surface area is 135 Å². The lowest BCUT2D eigenvalue weighted by Gasteiger charge is -2.36. The lowest BCUT2D eigenvalue weighted by Crippen LogP contribution is -2.46. The molecule has 0 saturated heterocycles. The van der Waals surface area contributed by atoms with Crippen molar-refractivity contribution in [3.05, 3.63) is 0 Å². The molecule has 0 aromatic heterocycles. The molecule has 2 heteroatoms. The van der Waals surface area contributed by atoms with Crippen molar-refractivity contribution < 1.29 is 0 Å². The van der Waals surface area contributed by atoms with Gasteiger partial charge in [0.2, 0.25) is 0 Å². The highest BCUT2D eigenvalue weighted by molar-refractivity contribution is 4.75. The average molecular weight is 299 g/mol. The molecule has 21 heavy (non-hydrogen) atoms. The van der Waals surface area contributed by atoms with Crippen LogP contribution in [-0.2, 0) is 0 Å². The normalized spacial score (nSPS) is 14.4. The zero-order valence-corrected chi connectivity index (χ0v) is 16.3. The predicted molar refractivity (Wildman–Crippen MR) is 96.8 cm³/mol. The first-order chi connectivity index (χ1) is 9.61. The summed E-state index contributed by atoms with van der Waals surface area (Å²) < 4.78 is 0. The highest BCUT2D eigenvalue weighted by Crippen LogP contribution is 2.12. The third-order valence-corrected chi connectivity index (χ3v) is 3.59. The second kappa shape index (κ2) is 10.6. The average Bonchev–Trinajstić information content (AvgIpc) is 2.24. The minimum absolute atomic E-state index is 0.646. The molecule has 2 nitrogen and oxygen atoms in total. The molecule has 0 bridgehead atoms. The lowest BCUT2D eigenvalue weighted by molar-refractivity contribution is 0.111. The van der Waals surface area contributed by atoms with Gasteiger partial charge in [-0.3, -0.25) is 4.90 Å². The molecule has 0 heterocycles. The van der Waals surface area contributed by atoms with Crippen LogP contribution in [0.5, 0.6) is 0 Å². The van der Waals surface area contributed by atoms with Crippen LogP contribution in [0.25, 0.3) is 0 Å². The molecule has 0 aliphatic heterocycles. The summed E-state index contributed by atoms with van der Waals surface area (Å²) in [5.41, 5.74) is 0. The summed E-state index contributed by atoms with van der Waals surface area (Å²) in [6, 6.07) is 0.646. The minimum atomic E-state index is 0.646. The number of nitrogens with zero attached hydrogens (tertiary/aromatic N) is 2. The van der Waals surface area contributed by atoms with E-state index in [2.05, 4.69) is 72.1 Å². The van der Waals surface area contributed by atoms with Crippen molar-refractivity contribution in [1.82, 2.24) is 9.80 Å². The number of hydrogen-bond donors (Lipinski definition) is 0. The second-order valence-electron chi connectivity index (χ2n) is 8.60. The van der Waals surface area contributed by atoms with E-state index in [4.69, 9.17) is 0 Å². The maximum Gasteiger partial charge on any atom is 0.0195 e. The van der Waals surface area contributed by atoms with Crippen LogP contribution in [0.15, 0.2) is 0 Å². The second-order valence-corrected chi connectivity index (χ2v) is 8.60. The highest BCUT2D eigenvalue weighted by Gasteiger charge is 2.20. The standard InChI is InChI=1S/C19H42N2/c1-15(2)10-20(11-16(3)4)14-19(9)21(12-17(5)6)13-18(7)8/h15-19H,10-14H2,1-9H3. The van der Waals surface area contributed by atoms with Crippen LogP contribution in [-0.4, -0.2) is 48.6 Å². The molecule has 0 rings (SSSR count). The number of rotatable bonds is 11. The molecule has 1 atom stereocenters. The van der Waals surface area contributed by atoms with Gasteiger partial charge < -0.3 is 4.90 Å². The molecule has 0 fully saturated rings. The molecule has 128 valence electrons. The summed E-state index contributed by atoms with van der Waals surface area (Å²) in [7, 11) is 0. The van der Waals surface area contributed by atoms with Crippen molar-refractivity contribution in [2.45, 2.75) is 68.4 Å². The van der Waals surface area contributed by atoms with E-state index in [0.717, 1.165) is 23.7 Å². The van der Waals surface area contributed by atoms with Gasteiger partial charge in [0.15, 0.2) is 0 Å². The van der Waals surface area contributed by atoms with Crippen LogP contribution in [0.3, 0.4) is 0 Å². The van der Waals surface area contributed by atoms with E-state index in [-0.39, 0.29) is 0 Å². The molecule has 0 aliphatic carbocycles. The van der Waals surface area contributed by atoms with E-state index >= 15 is 0 Å². The fourth-order valence-electron chi connectivity index (χ4n) is 3.12. The largest absolute Gasteiger partial charge is 0.301 e. The minimum Gasteiger partial charge on any atom is -0.301 e. The summed E-state index contributed by atoms with van der Waals surface area (Å²) >= 11 is 0. The Morgan fingerprint density at radius 2 is 0.810 bits per heavy atom.